The van der Waals surface area contributed by atoms with Crippen LogP contribution in [0.5, 0.6) is 0 Å². The Kier molecular flexibility index (Phi) is 6.12. The second-order valence-electron chi connectivity index (χ2n) is 5.57. The van der Waals surface area contributed by atoms with Gasteiger partial charge in [0, 0.05) is 35.9 Å². The average molecular weight is 416 g/mol. The van der Waals surface area contributed by atoms with Crippen molar-refractivity contribution in [2.45, 2.75) is 18.2 Å². The first-order chi connectivity index (χ1) is 13.5. The van der Waals surface area contributed by atoms with Crippen LogP contribution in [0.15, 0.2) is 66.0 Å². The summed E-state index contributed by atoms with van der Waals surface area (Å²) in [4.78, 5) is 15.9. The molecule has 0 spiro atoms. The molecule has 2 heterocycles. The van der Waals surface area contributed by atoms with Crippen LogP contribution < -0.4 is 10.0 Å². The van der Waals surface area contributed by atoms with Crippen molar-refractivity contribution in [1.82, 2.24) is 15.2 Å². The Morgan fingerprint density at radius 1 is 1.18 bits per heavy atom. The van der Waals surface area contributed by atoms with E-state index in [-0.39, 0.29) is 15.8 Å². The molecular formula is C18H17N5O3S2. The summed E-state index contributed by atoms with van der Waals surface area (Å²) in [6.45, 7) is 1.92. The van der Waals surface area contributed by atoms with Crippen LogP contribution in [-0.2, 0) is 16.4 Å². The second-order valence-corrected chi connectivity index (χ2v) is 8.31. The number of hydrogen-bond donors (Lipinski definition) is 2. The van der Waals surface area contributed by atoms with Gasteiger partial charge in [0.2, 0.25) is 5.13 Å². The van der Waals surface area contributed by atoms with Crippen LogP contribution in [0.2, 0.25) is 0 Å². The summed E-state index contributed by atoms with van der Waals surface area (Å²) in [5, 5.41) is 11.6. The zero-order valence-electron chi connectivity index (χ0n) is 14.9. The number of carbonyl (C=O) groups is 1. The number of benzene rings is 1. The topological polar surface area (TPSA) is 114 Å². The molecule has 2 N–H and O–H groups in total. The van der Waals surface area contributed by atoms with Crippen molar-refractivity contribution in [2.75, 3.05) is 10.0 Å². The normalized spacial score (nSPS) is 11.5. The van der Waals surface area contributed by atoms with Crippen LogP contribution >= 0.6 is 11.3 Å². The number of nitrogens with zero attached hydrogens (tertiary/aromatic N) is 3. The van der Waals surface area contributed by atoms with Crippen molar-refractivity contribution in [3.63, 3.8) is 0 Å². The van der Waals surface area contributed by atoms with E-state index in [4.69, 9.17) is 0 Å². The van der Waals surface area contributed by atoms with E-state index in [1.807, 2.05) is 6.92 Å². The highest BCUT2D eigenvalue weighted by molar-refractivity contribution is 7.93. The number of allylic oxidation sites excluding steroid dienone is 1. The third-order valence-electron chi connectivity index (χ3n) is 3.59. The predicted molar refractivity (Wildman–Crippen MR) is 108 cm³/mol. The molecule has 0 aliphatic rings. The van der Waals surface area contributed by atoms with E-state index in [0.717, 1.165) is 5.01 Å². The van der Waals surface area contributed by atoms with Gasteiger partial charge in [0.1, 0.15) is 5.01 Å². The number of carbonyl (C=O) groups excluding carboxylic acids is 1. The van der Waals surface area contributed by atoms with Crippen molar-refractivity contribution in [1.29, 1.82) is 0 Å². The van der Waals surface area contributed by atoms with Gasteiger partial charge in [-0.05, 0) is 42.8 Å². The smallest absolute Gasteiger partial charge is 0.263 e. The summed E-state index contributed by atoms with van der Waals surface area (Å²) in [6.07, 6.45) is 6.64. The molecule has 0 atom stereocenters. The maximum absolute atomic E-state index is 12.4. The van der Waals surface area contributed by atoms with Crippen LogP contribution in [0.1, 0.15) is 22.3 Å². The van der Waals surface area contributed by atoms with E-state index in [1.54, 1.807) is 30.5 Å². The van der Waals surface area contributed by atoms with Gasteiger partial charge in [-0.25, -0.2) is 8.42 Å². The number of pyridine rings is 1. The van der Waals surface area contributed by atoms with Crippen molar-refractivity contribution < 1.29 is 13.2 Å². The number of hydrogen-bond acceptors (Lipinski definition) is 8. The number of aryl methyl sites for hydroxylation is 1. The fourth-order valence-corrected chi connectivity index (χ4v) is 4.07. The molecule has 28 heavy (non-hydrogen) atoms. The fraction of sp³-hybridized carbons (Fsp3) is 0.111. The van der Waals surface area contributed by atoms with E-state index < -0.39 is 10.0 Å². The first kappa shape index (κ1) is 19.6. The lowest BCUT2D eigenvalue weighted by atomic mass is 10.2. The first-order valence-corrected chi connectivity index (χ1v) is 10.6. The van der Waals surface area contributed by atoms with Gasteiger partial charge in [0.05, 0.1) is 4.90 Å². The summed E-state index contributed by atoms with van der Waals surface area (Å²) in [6, 6.07) is 9.49. The van der Waals surface area contributed by atoms with Gasteiger partial charge in [0.25, 0.3) is 10.0 Å². The number of rotatable bonds is 8. The van der Waals surface area contributed by atoms with E-state index in [9.17, 15) is 13.2 Å². The third kappa shape index (κ3) is 4.99. The lowest BCUT2D eigenvalue weighted by Crippen LogP contribution is -2.12. The second kappa shape index (κ2) is 8.72. The van der Waals surface area contributed by atoms with Gasteiger partial charge in [-0.3, -0.25) is 14.5 Å². The van der Waals surface area contributed by atoms with E-state index in [2.05, 4.69) is 25.2 Å². The van der Waals surface area contributed by atoms with Gasteiger partial charge in [-0.15, -0.1) is 10.2 Å². The number of anilines is 2. The highest BCUT2D eigenvalue weighted by Crippen LogP contribution is 2.21. The van der Waals surface area contributed by atoms with Crippen molar-refractivity contribution >= 4 is 38.0 Å². The maximum atomic E-state index is 12.4. The minimum Gasteiger partial charge on any atom is -0.362 e. The highest BCUT2D eigenvalue weighted by atomic mass is 32.2. The minimum atomic E-state index is -3.74. The molecule has 0 amide bonds. The molecule has 0 unspecified atom stereocenters. The average Bonchev–Trinajstić information content (AvgIpc) is 3.16. The van der Waals surface area contributed by atoms with Gasteiger partial charge < -0.3 is 5.32 Å². The Labute approximate surface area is 166 Å². The summed E-state index contributed by atoms with van der Waals surface area (Å²) < 4.78 is 27.2. The first-order valence-electron chi connectivity index (χ1n) is 8.30. The van der Waals surface area contributed by atoms with E-state index in [1.165, 1.54) is 41.9 Å². The van der Waals surface area contributed by atoms with Crippen LogP contribution in [0, 0.1) is 0 Å². The highest BCUT2D eigenvalue weighted by Gasteiger charge is 2.16. The molecular weight excluding hydrogens is 398 g/mol. The van der Waals surface area contributed by atoms with Crippen LogP contribution in [0.3, 0.4) is 0 Å². The van der Waals surface area contributed by atoms with Gasteiger partial charge in [-0.1, -0.05) is 18.3 Å². The van der Waals surface area contributed by atoms with Crippen molar-refractivity contribution in [3.05, 3.63) is 71.6 Å². The SMILES string of the molecule is CCc1nnc(NS(=O)(=O)c2ccc(N/C=C\C(=O)c3cccnc3)cc2)s1. The molecule has 0 aliphatic heterocycles. The zero-order chi connectivity index (χ0) is 20.0. The Hall–Kier alpha value is -3.11. The van der Waals surface area contributed by atoms with Crippen molar-refractivity contribution in [2.24, 2.45) is 0 Å². The van der Waals surface area contributed by atoms with Gasteiger partial charge >= 0.3 is 0 Å². The van der Waals surface area contributed by atoms with Crippen molar-refractivity contribution in [3.8, 4) is 0 Å². The summed E-state index contributed by atoms with van der Waals surface area (Å²) in [5.74, 6) is -0.187. The lowest BCUT2D eigenvalue weighted by molar-refractivity contribution is 0.104. The molecule has 0 aliphatic carbocycles. The Bertz CT molecular complexity index is 1080. The summed E-state index contributed by atoms with van der Waals surface area (Å²) in [7, 11) is -3.74. The molecule has 10 heteroatoms. The van der Waals surface area contributed by atoms with E-state index >= 15 is 0 Å². The minimum absolute atomic E-state index is 0.0988. The molecule has 0 bridgehead atoms. The zero-order valence-corrected chi connectivity index (χ0v) is 16.5. The van der Waals surface area contributed by atoms with Crippen LogP contribution in [0.4, 0.5) is 10.8 Å². The lowest BCUT2D eigenvalue weighted by Gasteiger charge is -2.06. The quantitative estimate of drug-likeness (QED) is 0.429. The van der Waals surface area contributed by atoms with Crippen LogP contribution in [-0.4, -0.2) is 29.4 Å². The van der Waals surface area contributed by atoms with Crippen LogP contribution in [0.25, 0.3) is 0 Å². The Morgan fingerprint density at radius 3 is 2.61 bits per heavy atom. The predicted octanol–water partition coefficient (Wildman–Crippen LogP) is 3.10. The molecule has 0 saturated carbocycles. The van der Waals surface area contributed by atoms with Gasteiger partial charge in [0.15, 0.2) is 5.78 Å². The molecule has 144 valence electrons. The number of aromatic nitrogens is 3. The molecule has 0 radical (unpaired) electrons. The number of ketones is 1. The molecule has 0 saturated heterocycles. The monoisotopic (exact) mass is 415 g/mol. The molecule has 3 rings (SSSR count). The maximum Gasteiger partial charge on any atom is 0.263 e. The molecule has 8 nitrogen and oxygen atoms in total. The summed E-state index contributed by atoms with van der Waals surface area (Å²) >= 11 is 1.20. The largest absolute Gasteiger partial charge is 0.362 e. The third-order valence-corrected chi connectivity index (χ3v) is 6.05. The molecule has 1 aromatic carbocycles. The molecule has 0 fully saturated rings. The fourth-order valence-electron chi connectivity index (χ4n) is 2.16. The number of sulfonamides is 1. The molecule has 2 aromatic heterocycles. The Morgan fingerprint density at radius 2 is 1.96 bits per heavy atom. The van der Waals surface area contributed by atoms with E-state index in [0.29, 0.717) is 17.7 Å². The number of nitrogens with one attached hydrogen (secondary N) is 2. The summed E-state index contributed by atoms with van der Waals surface area (Å²) in [5.41, 5.74) is 1.12. The molecule has 3 aromatic rings. The standard InChI is InChI=1S/C18H17N5O3S2/c1-2-17-21-22-18(27-17)23-28(25,26)15-7-5-14(6-8-15)20-11-9-16(24)13-4-3-10-19-12-13/h3-12,20H,2H2,1H3,(H,22,23)/b11-9-. The Balaban J connectivity index is 1.62. The van der Waals surface area contributed by atoms with Gasteiger partial charge in [-0.2, -0.15) is 0 Å².